The fourth-order valence-electron chi connectivity index (χ4n) is 4.47. The van der Waals surface area contributed by atoms with Crippen LogP contribution in [-0.4, -0.2) is 40.7 Å². The Morgan fingerprint density at radius 3 is 2.34 bits per heavy atom. The molecule has 0 radical (unpaired) electrons. The van der Waals surface area contributed by atoms with Gasteiger partial charge in [0.1, 0.15) is 5.56 Å². The lowest BCUT2D eigenvalue weighted by Crippen LogP contribution is -2.30. The van der Waals surface area contributed by atoms with E-state index in [0.29, 0.717) is 5.69 Å². The smallest absolute Gasteiger partial charge is 0.343 e. The number of hydrogen-bond donors (Lipinski definition) is 1. The third-order valence-corrected chi connectivity index (χ3v) is 6.24. The number of aromatic nitrogens is 2. The molecule has 182 valence electrons. The number of carbonyl (C=O) groups is 3. The third-order valence-electron chi connectivity index (χ3n) is 6.24. The Morgan fingerprint density at radius 2 is 1.71 bits per heavy atom. The highest BCUT2D eigenvalue weighted by molar-refractivity contribution is 6.06. The van der Waals surface area contributed by atoms with Crippen LogP contribution in [0.1, 0.15) is 48.7 Å². The maximum absolute atomic E-state index is 13.4. The monoisotopic (exact) mass is 474 g/mol. The fraction of sp³-hybridized carbons (Fsp3) is 0.333. The lowest BCUT2D eigenvalue weighted by atomic mass is 10.0. The summed E-state index contributed by atoms with van der Waals surface area (Å²) in [5, 5.41) is 7.19. The van der Waals surface area contributed by atoms with Crippen LogP contribution in [0.3, 0.4) is 0 Å². The Labute approximate surface area is 204 Å². The summed E-state index contributed by atoms with van der Waals surface area (Å²) >= 11 is 0. The van der Waals surface area contributed by atoms with Crippen molar-refractivity contribution in [2.24, 2.45) is 5.92 Å². The molecule has 1 aromatic heterocycles. The Morgan fingerprint density at radius 1 is 1.03 bits per heavy atom. The van der Waals surface area contributed by atoms with Crippen molar-refractivity contribution in [1.29, 1.82) is 0 Å². The molecule has 3 aromatic rings. The highest BCUT2D eigenvalue weighted by atomic mass is 16.5. The Bertz CT molecular complexity index is 1210. The minimum absolute atomic E-state index is 0.0806. The van der Waals surface area contributed by atoms with E-state index < -0.39 is 11.9 Å². The molecule has 4 rings (SSSR count). The second-order valence-corrected chi connectivity index (χ2v) is 8.40. The highest BCUT2D eigenvalue weighted by Crippen LogP contribution is 2.33. The van der Waals surface area contributed by atoms with Gasteiger partial charge in [-0.25, -0.2) is 9.48 Å². The first-order valence-electron chi connectivity index (χ1n) is 12.0. The zero-order valence-electron chi connectivity index (χ0n) is 20.3. The number of esters is 1. The summed E-state index contributed by atoms with van der Waals surface area (Å²) in [7, 11) is 0. The number of nitrogens with one attached hydrogen (secondary N) is 1. The minimum Gasteiger partial charge on any atom is -0.462 e. The lowest BCUT2D eigenvalue weighted by Gasteiger charge is -2.23. The van der Waals surface area contributed by atoms with Crippen molar-refractivity contribution >= 4 is 29.3 Å². The molecular formula is C27H30N4O4. The van der Waals surface area contributed by atoms with Crippen molar-refractivity contribution in [2.75, 3.05) is 23.4 Å². The van der Waals surface area contributed by atoms with Gasteiger partial charge >= 0.3 is 5.97 Å². The topological polar surface area (TPSA) is 93.5 Å². The lowest BCUT2D eigenvalue weighted by molar-refractivity contribution is -0.122. The van der Waals surface area contributed by atoms with Crippen molar-refractivity contribution in [3.05, 3.63) is 71.4 Å². The van der Waals surface area contributed by atoms with Crippen LogP contribution in [0.2, 0.25) is 0 Å². The molecule has 1 aliphatic rings. The maximum atomic E-state index is 13.4. The van der Waals surface area contributed by atoms with Gasteiger partial charge in [-0.1, -0.05) is 50.2 Å². The molecule has 1 unspecified atom stereocenters. The van der Waals surface area contributed by atoms with Crippen LogP contribution in [0.15, 0.2) is 54.7 Å². The molecule has 0 spiro atoms. The van der Waals surface area contributed by atoms with Gasteiger partial charge in [-0.2, -0.15) is 5.10 Å². The van der Waals surface area contributed by atoms with Gasteiger partial charge in [0.15, 0.2) is 5.82 Å². The standard InChI is InChI=1S/C27H30N4O4/c1-4-18-11-10-12-19(5-2)24(18)30-17-20(15-23(30)32)26(33)29-25-22(27(34)35-6-3)16-28-31(25)21-13-8-7-9-14-21/h7-14,16,20H,4-6,15,17H2,1-3H3,(H,29,33). The molecule has 0 aliphatic carbocycles. The average Bonchev–Trinajstić information content (AvgIpc) is 3.47. The number of benzene rings is 2. The molecule has 8 nitrogen and oxygen atoms in total. The molecule has 2 amide bonds. The molecule has 1 saturated heterocycles. The van der Waals surface area contributed by atoms with E-state index in [2.05, 4.69) is 24.3 Å². The van der Waals surface area contributed by atoms with Crippen LogP contribution in [0.4, 0.5) is 11.5 Å². The molecule has 1 atom stereocenters. The number of hydrogen-bond acceptors (Lipinski definition) is 5. The molecular weight excluding hydrogens is 444 g/mol. The number of rotatable bonds is 8. The van der Waals surface area contributed by atoms with Gasteiger partial charge in [-0.3, -0.25) is 9.59 Å². The molecule has 2 aromatic carbocycles. The number of ether oxygens (including phenoxy) is 1. The van der Waals surface area contributed by atoms with Crippen LogP contribution < -0.4 is 10.2 Å². The number of carbonyl (C=O) groups excluding carboxylic acids is 3. The van der Waals surface area contributed by atoms with Gasteiger partial charge in [-0.15, -0.1) is 0 Å². The normalized spacial score (nSPS) is 15.3. The quantitative estimate of drug-likeness (QED) is 0.495. The highest BCUT2D eigenvalue weighted by Gasteiger charge is 2.37. The number of para-hydroxylation sites is 2. The van der Waals surface area contributed by atoms with Crippen molar-refractivity contribution in [2.45, 2.75) is 40.0 Å². The Hall–Kier alpha value is -3.94. The summed E-state index contributed by atoms with van der Waals surface area (Å²) in [4.78, 5) is 40.7. The number of aryl methyl sites for hydroxylation is 2. The van der Waals surface area contributed by atoms with E-state index in [9.17, 15) is 14.4 Å². The van der Waals surface area contributed by atoms with Crippen molar-refractivity contribution in [3.63, 3.8) is 0 Å². The first-order valence-corrected chi connectivity index (χ1v) is 12.0. The van der Waals surface area contributed by atoms with E-state index in [1.54, 1.807) is 11.8 Å². The van der Waals surface area contributed by atoms with Crippen molar-refractivity contribution in [1.82, 2.24) is 9.78 Å². The molecule has 1 N–H and O–H groups in total. The van der Waals surface area contributed by atoms with Crippen LogP contribution in [-0.2, 0) is 27.2 Å². The largest absolute Gasteiger partial charge is 0.462 e. The van der Waals surface area contributed by atoms with Crippen LogP contribution >= 0.6 is 0 Å². The molecule has 8 heteroatoms. The molecule has 1 fully saturated rings. The summed E-state index contributed by atoms with van der Waals surface area (Å²) in [6.07, 6.45) is 3.07. The maximum Gasteiger partial charge on any atom is 0.343 e. The van der Waals surface area contributed by atoms with Gasteiger partial charge < -0.3 is 15.0 Å². The average molecular weight is 475 g/mol. The Balaban J connectivity index is 1.62. The van der Waals surface area contributed by atoms with Crippen molar-refractivity contribution < 1.29 is 19.1 Å². The second-order valence-electron chi connectivity index (χ2n) is 8.40. The van der Waals surface area contributed by atoms with Gasteiger partial charge in [0.05, 0.1) is 24.4 Å². The zero-order chi connectivity index (χ0) is 24.9. The molecule has 1 aliphatic heterocycles. The number of anilines is 2. The summed E-state index contributed by atoms with van der Waals surface area (Å²) in [5.74, 6) is -1.32. The van der Waals surface area contributed by atoms with Gasteiger partial charge in [0.25, 0.3) is 0 Å². The molecule has 0 bridgehead atoms. The fourth-order valence-corrected chi connectivity index (χ4v) is 4.47. The first-order chi connectivity index (χ1) is 17.0. The summed E-state index contributed by atoms with van der Waals surface area (Å²) in [6, 6.07) is 15.3. The molecule has 35 heavy (non-hydrogen) atoms. The van der Waals surface area contributed by atoms with Gasteiger partial charge in [0.2, 0.25) is 11.8 Å². The minimum atomic E-state index is -0.571. The Kier molecular flexibility index (Phi) is 7.29. The van der Waals surface area contributed by atoms with Crippen molar-refractivity contribution in [3.8, 4) is 5.69 Å². The molecule has 0 saturated carbocycles. The van der Waals surface area contributed by atoms with Gasteiger partial charge in [0, 0.05) is 18.7 Å². The van der Waals surface area contributed by atoms with E-state index in [-0.39, 0.29) is 42.8 Å². The van der Waals surface area contributed by atoms with Crippen LogP contribution in [0, 0.1) is 5.92 Å². The molecule has 2 heterocycles. The van der Waals surface area contributed by atoms with E-state index in [1.807, 2.05) is 48.5 Å². The second kappa shape index (κ2) is 10.5. The number of nitrogens with zero attached hydrogens (tertiary/aromatic N) is 3. The van der Waals surface area contributed by atoms with E-state index in [1.165, 1.54) is 10.9 Å². The van der Waals surface area contributed by atoms with E-state index >= 15 is 0 Å². The summed E-state index contributed by atoms with van der Waals surface area (Å²) in [5.41, 5.74) is 3.94. The zero-order valence-corrected chi connectivity index (χ0v) is 20.3. The van der Waals surface area contributed by atoms with E-state index in [4.69, 9.17) is 4.74 Å². The van der Waals surface area contributed by atoms with Gasteiger partial charge in [-0.05, 0) is 43.0 Å². The predicted molar refractivity (Wildman–Crippen MR) is 134 cm³/mol. The number of amides is 2. The third kappa shape index (κ3) is 4.82. The predicted octanol–water partition coefficient (Wildman–Crippen LogP) is 4.17. The first kappa shape index (κ1) is 24.2. The van der Waals surface area contributed by atoms with Crippen LogP contribution in [0.5, 0.6) is 0 Å². The van der Waals surface area contributed by atoms with Crippen LogP contribution in [0.25, 0.3) is 5.69 Å². The summed E-state index contributed by atoms with van der Waals surface area (Å²) in [6.45, 7) is 6.32. The summed E-state index contributed by atoms with van der Waals surface area (Å²) < 4.78 is 6.66. The SMILES string of the molecule is CCOC(=O)c1cnn(-c2ccccc2)c1NC(=O)C1CC(=O)N(c2c(CC)cccc2CC)C1. The van der Waals surface area contributed by atoms with E-state index in [0.717, 1.165) is 29.7 Å².